The van der Waals surface area contributed by atoms with Gasteiger partial charge in [-0.1, -0.05) is 29.3 Å². The van der Waals surface area contributed by atoms with Gasteiger partial charge in [0.25, 0.3) is 10.0 Å². The third-order valence-corrected chi connectivity index (χ3v) is 6.37. The Morgan fingerprint density at radius 3 is 2.74 bits per heavy atom. The topological polar surface area (TPSA) is 108 Å². The van der Waals surface area contributed by atoms with Crippen LogP contribution in [0.3, 0.4) is 0 Å². The molecule has 0 saturated carbocycles. The smallest absolute Gasteiger partial charge is 0.264 e. The molecule has 3 heterocycles. The van der Waals surface area contributed by atoms with Crippen LogP contribution in [0.1, 0.15) is 6.04 Å². The van der Waals surface area contributed by atoms with Gasteiger partial charge in [-0.25, -0.2) is 23.1 Å². The van der Waals surface area contributed by atoms with Crippen LogP contribution in [-0.2, 0) is 14.8 Å². The quantitative estimate of drug-likeness (QED) is 0.663. The molecule has 0 spiro atoms. The summed E-state index contributed by atoms with van der Waals surface area (Å²) in [5.74, 6) is 0.228. The van der Waals surface area contributed by atoms with Crippen molar-refractivity contribution in [2.24, 2.45) is 0 Å². The standard InChI is InChI=1S/C15H13Cl2N5O4S/c1-25-15-11-13(18-7-19-14(11)22(20-15)8-5-26-6-8)21-27(23,24)10-4-2-3-9(16)12(10)17/h2-4,7-8H,5-6H2,1H3,(H,18,19,21). The number of nitrogens with one attached hydrogen (secondary N) is 1. The van der Waals surface area contributed by atoms with Gasteiger partial charge in [-0.15, -0.1) is 5.10 Å². The lowest BCUT2D eigenvalue weighted by molar-refractivity contribution is -0.0272. The highest BCUT2D eigenvalue weighted by molar-refractivity contribution is 7.92. The fourth-order valence-corrected chi connectivity index (χ4v) is 4.44. The molecule has 4 rings (SSSR count). The van der Waals surface area contributed by atoms with Gasteiger partial charge in [0.2, 0.25) is 5.88 Å². The maximum atomic E-state index is 12.8. The summed E-state index contributed by atoms with van der Waals surface area (Å²) < 4.78 is 40.2. The van der Waals surface area contributed by atoms with Gasteiger partial charge in [0, 0.05) is 0 Å². The van der Waals surface area contributed by atoms with Crippen molar-refractivity contribution in [3.63, 3.8) is 0 Å². The van der Waals surface area contributed by atoms with Crippen molar-refractivity contribution in [2.45, 2.75) is 10.9 Å². The molecule has 1 aliphatic rings. The Labute approximate surface area is 164 Å². The highest BCUT2D eigenvalue weighted by atomic mass is 35.5. The second-order valence-electron chi connectivity index (χ2n) is 5.72. The van der Waals surface area contributed by atoms with Crippen molar-refractivity contribution in [3.8, 4) is 5.88 Å². The van der Waals surface area contributed by atoms with Gasteiger partial charge < -0.3 is 9.47 Å². The van der Waals surface area contributed by atoms with E-state index in [2.05, 4.69) is 19.8 Å². The van der Waals surface area contributed by atoms with Gasteiger partial charge >= 0.3 is 0 Å². The summed E-state index contributed by atoms with van der Waals surface area (Å²) in [6.45, 7) is 0.978. The number of nitrogens with zero attached hydrogens (tertiary/aromatic N) is 4. The molecule has 1 aliphatic heterocycles. The molecule has 142 valence electrons. The Morgan fingerprint density at radius 1 is 1.30 bits per heavy atom. The normalized spacial score (nSPS) is 14.9. The molecule has 2 aromatic heterocycles. The fourth-order valence-electron chi connectivity index (χ4n) is 2.66. The van der Waals surface area contributed by atoms with Crippen molar-refractivity contribution in [1.29, 1.82) is 0 Å². The summed E-state index contributed by atoms with van der Waals surface area (Å²) in [4.78, 5) is 8.11. The number of halogens is 2. The number of ether oxygens (including phenoxy) is 2. The number of methoxy groups -OCH3 is 1. The van der Waals surface area contributed by atoms with Crippen molar-refractivity contribution in [2.75, 3.05) is 25.0 Å². The molecule has 0 atom stereocenters. The van der Waals surface area contributed by atoms with Crippen molar-refractivity contribution < 1.29 is 17.9 Å². The Bertz CT molecular complexity index is 1130. The Morgan fingerprint density at radius 2 is 2.07 bits per heavy atom. The van der Waals surface area contributed by atoms with Crippen LogP contribution < -0.4 is 9.46 Å². The third kappa shape index (κ3) is 3.08. The highest BCUT2D eigenvalue weighted by Gasteiger charge is 2.29. The van der Waals surface area contributed by atoms with E-state index in [-0.39, 0.29) is 32.7 Å². The average molecular weight is 430 g/mol. The first-order valence-electron chi connectivity index (χ1n) is 7.74. The van der Waals surface area contributed by atoms with E-state index >= 15 is 0 Å². The van der Waals surface area contributed by atoms with Crippen molar-refractivity contribution in [1.82, 2.24) is 19.7 Å². The molecule has 3 aromatic rings. The predicted molar refractivity (Wildman–Crippen MR) is 99.0 cm³/mol. The van der Waals surface area contributed by atoms with E-state index in [1.807, 2.05) is 0 Å². The van der Waals surface area contributed by atoms with Crippen LogP contribution in [0.15, 0.2) is 29.4 Å². The minimum absolute atomic E-state index is 0.00173. The summed E-state index contributed by atoms with van der Waals surface area (Å²) in [7, 11) is -2.63. The molecular formula is C15H13Cl2N5O4S. The summed E-state index contributed by atoms with van der Waals surface area (Å²) in [5, 5.41) is 4.75. The van der Waals surface area contributed by atoms with Crippen LogP contribution >= 0.6 is 23.2 Å². The lowest BCUT2D eigenvalue weighted by atomic mass is 10.2. The predicted octanol–water partition coefficient (Wildman–Crippen LogP) is 2.51. The largest absolute Gasteiger partial charge is 0.479 e. The molecule has 9 nitrogen and oxygen atoms in total. The Kier molecular flexibility index (Phi) is 4.58. The van der Waals surface area contributed by atoms with Gasteiger partial charge in [-0.05, 0) is 12.1 Å². The second kappa shape index (κ2) is 6.79. The first-order valence-corrected chi connectivity index (χ1v) is 9.98. The average Bonchev–Trinajstić information content (AvgIpc) is 2.95. The molecule has 0 radical (unpaired) electrons. The molecule has 1 saturated heterocycles. The van der Waals surface area contributed by atoms with Gasteiger partial charge in [0.1, 0.15) is 22.7 Å². The second-order valence-corrected chi connectivity index (χ2v) is 8.16. The number of benzene rings is 1. The molecule has 1 N–H and O–H groups in total. The lowest BCUT2D eigenvalue weighted by Crippen LogP contribution is -2.31. The van der Waals surface area contributed by atoms with Crippen molar-refractivity contribution >= 4 is 50.1 Å². The maximum Gasteiger partial charge on any atom is 0.264 e. The number of hydrogen-bond acceptors (Lipinski definition) is 7. The molecule has 1 fully saturated rings. The monoisotopic (exact) mass is 429 g/mol. The van der Waals surface area contributed by atoms with Gasteiger partial charge in [-0.2, -0.15) is 0 Å². The molecule has 0 amide bonds. The van der Waals surface area contributed by atoms with Crippen LogP contribution in [0.4, 0.5) is 5.82 Å². The minimum Gasteiger partial charge on any atom is -0.479 e. The van der Waals surface area contributed by atoms with Gasteiger partial charge in [0.15, 0.2) is 11.5 Å². The van der Waals surface area contributed by atoms with E-state index in [4.69, 9.17) is 32.7 Å². The van der Waals surface area contributed by atoms with Crippen LogP contribution in [-0.4, -0.2) is 48.5 Å². The summed E-state index contributed by atoms with van der Waals surface area (Å²) in [5.41, 5.74) is 0.435. The maximum absolute atomic E-state index is 12.8. The number of anilines is 1. The zero-order valence-electron chi connectivity index (χ0n) is 13.9. The summed E-state index contributed by atoms with van der Waals surface area (Å²) >= 11 is 12.0. The van der Waals surface area contributed by atoms with Crippen molar-refractivity contribution in [3.05, 3.63) is 34.6 Å². The highest BCUT2D eigenvalue weighted by Crippen LogP contribution is 2.35. The van der Waals surface area contributed by atoms with Crippen LogP contribution in [0.25, 0.3) is 11.0 Å². The first kappa shape index (κ1) is 18.2. The summed E-state index contributed by atoms with van der Waals surface area (Å²) in [6, 6.07) is 4.34. The molecule has 0 unspecified atom stereocenters. The molecular weight excluding hydrogens is 417 g/mol. The van der Waals surface area contributed by atoms with E-state index in [0.717, 1.165) is 0 Å². The zero-order chi connectivity index (χ0) is 19.2. The first-order chi connectivity index (χ1) is 12.9. The number of sulfonamides is 1. The molecule has 0 aliphatic carbocycles. The Balaban J connectivity index is 1.82. The number of hydrogen-bond donors (Lipinski definition) is 1. The lowest BCUT2D eigenvalue weighted by Gasteiger charge is -2.26. The number of rotatable bonds is 5. The third-order valence-electron chi connectivity index (χ3n) is 4.05. The van der Waals surface area contributed by atoms with Crippen LogP contribution in [0.2, 0.25) is 10.0 Å². The molecule has 12 heteroatoms. The zero-order valence-corrected chi connectivity index (χ0v) is 16.2. The SMILES string of the molecule is COc1nn(C2COC2)c2ncnc(NS(=O)(=O)c3cccc(Cl)c3Cl)c12. The van der Waals surface area contributed by atoms with E-state index in [1.54, 1.807) is 4.68 Å². The molecule has 27 heavy (non-hydrogen) atoms. The summed E-state index contributed by atoms with van der Waals surface area (Å²) in [6.07, 6.45) is 1.25. The van der Waals surface area contributed by atoms with Crippen LogP contribution in [0.5, 0.6) is 5.88 Å². The van der Waals surface area contributed by atoms with E-state index < -0.39 is 10.0 Å². The number of aromatic nitrogens is 4. The van der Waals surface area contributed by atoms with Crippen LogP contribution in [0, 0.1) is 0 Å². The van der Waals surface area contributed by atoms with Gasteiger partial charge in [-0.3, -0.25) is 4.72 Å². The molecule has 1 aromatic carbocycles. The molecule has 0 bridgehead atoms. The van der Waals surface area contributed by atoms with E-state index in [0.29, 0.717) is 24.2 Å². The van der Waals surface area contributed by atoms with E-state index in [9.17, 15) is 8.42 Å². The van der Waals surface area contributed by atoms with E-state index in [1.165, 1.54) is 31.6 Å². The minimum atomic E-state index is -4.06. The number of fused-ring (bicyclic) bond motifs is 1. The van der Waals surface area contributed by atoms with Gasteiger partial charge in [0.05, 0.1) is 30.4 Å². The Hall–Kier alpha value is -2.14. The fraction of sp³-hybridized carbons (Fsp3) is 0.267.